The lowest BCUT2D eigenvalue weighted by atomic mass is 9.89. The Morgan fingerprint density at radius 2 is 2.21 bits per heavy atom. The number of hydrogen-bond acceptors (Lipinski definition) is 3. The lowest BCUT2D eigenvalue weighted by Gasteiger charge is -2.29. The van der Waals surface area contributed by atoms with Crippen molar-refractivity contribution in [2.75, 3.05) is 6.54 Å². The van der Waals surface area contributed by atoms with Gasteiger partial charge in [0.2, 0.25) is 0 Å². The van der Waals surface area contributed by atoms with E-state index < -0.39 is 0 Å². The Morgan fingerprint density at radius 3 is 2.64 bits per heavy atom. The fourth-order valence-electron chi connectivity index (χ4n) is 1.25. The fourth-order valence-corrected chi connectivity index (χ4v) is 1.25. The smallest absolute Gasteiger partial charge is 0.129 e. The van der Waals surface area contributed by atoms with Crippen molar-refractivity contribution in [3.05, 3.63) is 24.2 Å². The summed E-state index contributed by atoms with van der Waals surface area (Å²) >= 11 is 0. The van der Waals surface area contributed by atoms with Crippen LogP contribution in [-0.4, -0.2) is 12.6 Å². The van der Waals surface area contributed by atoms with E-state index in [0.717, 1.165) is 5.76 Å². The standard InChI is InChI=1S/C11H19NO2/c1-11(2,3)10(7-12)14-8-9-5-4-6-13-9/h4-6,10H,7-8,12H2,1-3H3. The van der Waals surface area contributed by atoms with Crippen LogP contribution < -0.4 is 5.73 Å². The molecule has 0 saturated heterocycles. The Bertz CT molecular complexity index is 249. The van der Waals surface area contributed by atoms with E-state index in [4.69, 9.17) is 14.9 Å². The molecular formula is C11H19NO2. The predicted molar refractivity (Wildman–Crippen MR) is 55.8 cm³/mol. The molecule has 2 N–H and O–H groups in total. The minimum Gasteiger partial charge on any atom is -0.467 e. The first-order valence-corrected chi connectivity index (χ1v) is 4.88. The maximum atomic E-state index is 5.68. The second kappa shape index (κ2) is 4.62. The van der Waals surface area contributed by atoms with Gasteiger partial charge in [0.05, 0.1) is 12.4 Å². The number of ether oxygens (including phenoxy) is 1. The maximum Gasteiger partial charge on any atom is 0.129 e. The van der Waals surface area contributed by atoms with Gasteiger partial charge < -0.3 is 14.9 Å². The molecule has 0 fully saturated rings. The van der Waals surface area contributed by atoms with E-state index in [0.29, 0.717) is 13.2 Å². The highest BCUT2D eigenvalue weighted by atomic mass is 16.5. The van der Waals surface area contributed by atoms with Gasteiger partial charge in [-0.1, -0.05) is 20.8 Å². The molecule has 0 bridgehead atoms. The minimum absolute atomic E-state index is 0.0626. The topological polar surface area (TPSA) is 48.4 Å². The molecule has 0 aliphatic rings. The molecule has 0 aliphatic carbocycles. The van der Waals surface area contributed by atoms with Gasteiger partial charge in [-0.05, 0) is 17.5 Å². The first kappa shape index (κ1) is 11.3. The lowest BCUT2D eigenvalue weighted by Crippen LogP contribution is -2.36. The van der Waals surface area contributed by atoms with Crippen LogP contribution in [-0.2, 0) is 11.3 Å². The second-order valence-electron chi connectivity index (χ2n) is 4.48. The summed E-state index contributed by atoms with van der Waals surface area (Å²) in [6.45, 7) is 7.38. The first-order chi connectivity index (χ1) is 6.54. The highest BCUT2D eigenvalue weighted by Crippen LogP contribution is 2.22. The van der Waals surface area contributed by atoms with E-state index in [1.54, 1.807) is 6.26 Å². The molecule has 1 rings (SSSR count). The van der Waals surface area contributed by atoms with Gasteiger partial charge >= 0.3 is 0 Å². The van der Waals surface area contributed by atoms with Crippen LogP contribution in [0.15, 0.2) is 22.8 Å². The predicted octanol–water partition coefficient (Wildman–Crippen LogP) is 2.17. The van der Waals surface area contributed by atoms with Gasteiger partial charge in [-0.15, -0.1) is 0 Å². The fraction of sp³-hybridized carbons (Fsp3) is 0.636. The van der Waals surface area contributed by atoms with Gasteiger partial charge in [-0.2, -0.15) is 0 Å². The molecule has 3 nitrogen and oxygen atoms in total. The summed E-state index contributed by atoms with van der Waals surface area (Å²) in [4.78, 5) is 0. The van der Waals surface area contributed by atoms with Gasteiger partial charge in [0.25, 0.3) is 0 Å². The van der Waals surface area contributed by atoms with E-state index >= 15 is 0 Å². The van der Waals surface area contributed by atoms with Crippen molar-refractivity contribution in [1.29, 1.82) is 0 Å². The average Bonchev–Trinajstić information content (AvgIpc) is 2.55. The van der Waals surface area contributed by atoms with Gasteiger partial charge in [0.15, 0.2) is 0 Å². The summed E-state index contributed by atoms with van der Waals surface area (Å²) in [6.07, 6.45) is 1.71. The first-order valence-electron chi connectivity index (χ1n) is 4.88. The van der Waals surface area contributed by atoms with Gasteiger partial charge in [-0.3, -0.25) is 0 Å². The molecule has 1 heterocycles. The number of rotatable bonds is 4. The highest BCUT2D eigenvalue weighted by molar-refractivity contribution is 4.96. The zero-order valence-corrected chi connectivity index (χ0v) is 9.12. The van der Waals surface area contributed by atoms with Gasteiger partial charge in [-0.25, -0.2) is 0 Å². The highest BCUT2D eigenvalue weighted by Gasteiger charge is 2.24. The Balaban J connectivity index is 2.43. The minimum atomic E-state index is 0.0626. The van der Waals surface area contributed by atoms with Crippen molar-refractivity contribution in [3.8, 4) is 0 Å². The van der Waals surface area contributed by atoms with Crippen molar-refractivity contribution < 1.29 is 9.15 Å². The molecule has 1 unspecified atom stereocenters. The van der Waals surface area contributed by atoms with Crippen LogP contribution in [0, 0.1) is 5.41 Å². The van der Waals surface area contributed by atoms with Crippen molar-refractivity contribution in [2.45, 2.75) is 33.5 Å². The van der Waals surface area contributed by atoms with E-state index in [2.05, 4.69) is 20.8 Å². The van der Waals surface area contributed by atoms with Gasteiger partial charge in [0.1, 0.15) is 12.4 Å². The zero-order chi connectivity index (χ0) is 10.6. The lowest BCUT2D eigenvalue weighted by molar-refractivity contribution is -0.0279. The summed E-state index contributed by atoms with van der Waals surface area (Å²) in [5.41, 5.74) is 5.71. The summed E-state index contributed by atoms with van der Waals surface area (Å²) in [5.74, 6) is 0.840. The molecule has 1 aromatic rings. The molecule has 0 aliphatic heterocycles. The number of hydrogen-bond donors (Lipinski definition) is 1. The van der Waals surface area contributed by atoms with Crippen molar-refractivity contribution >= 4 is 0 Å². The Labute approximate surface area is 85.2 Å². The largest absolute Gasteiger partial charge is 0.467 e. The van der Waals surface area contributed by atoms with Crippen LogP contribution in [0.4, 0.5) is 0 Å². The number of nitrogens with two attached hydrogens (primary N) is 1. The van der Waals surface area contributed by atoms with Crippen molar-refractivity contribution in [2.24, 2.45) is 11.1 Å². The van der Waals surface area contributed by atoms with Crippen LogP contribution in [0.2, 0.25) is 0 Å². The molecular weight excluding hydrogens is 178 g/mol. The molecule has 0 amide bonds. The molecule has 3 heteroatoms. The summed E-state index contributed by atoms with van der Waals surface area (Å²) < 4.78 is 10.9. The van der Waals surface area contributed by atoms with Crippen molar-refractivity contribution in [3.63, 3.8) is 0 Å². The Hall–Kier alpha value is -0.800. The van der Waals surface area contributed by atoms with Crippen molar-refractivity contribution in [1.82, 2.24) is 0 Å². The zero-order valence-electron chi connectivity index (χ0n) is 9.12. The van der Waals surface area contributed by atoms with Crippen LogP contribution in [0.1, 0.15) is 26.5 Å². The molecule has 0 aromatic carbocycles. The van der Waals surface area contributed by atoms with Crippen LogP contribution in [0.25, 0.3) is 0 Å². The van der Waals surface area contributed by atoms with E-state index in [9.17, 15) is 0 Å². The molecule has 0 radical (unpaired) electrons. The molecule has 80 valence electrons. The Morgan fingerprint density at radius 1 is 1.50 bits per heavy atom. The molecule has 0 spiro atoms. The average molecular weight is 197 g/mol. The molecule has 1 aromatic heterocycles. The molecule has 0 saturated carbocycles. The summed E-state index contributed by atoms with van der Waals surface area (Å²) in [5, 5.41) is 0. The summed E-state index contributed by atoms with van der Waals surface area (Å²) in [6, 6.07) is 3.75. The van der Waals surface area contributed by atoms with E-state index in [-0.39, 0.29) is 11.5 Å². The third kappa shape index (κ3) is 3.16. The van der Waals surface area contributed by atoms with E-state index in [1.165, 1.54) is 0 Å². The molecule has 14 heavy (non-hydrogen) atoms. The Kier molecular flexibility index (Phi) is 3.72. The third-order valence-electron chi connectivity index (χ3n) is 2.19. The van der Waals surface area contributed by atoms with Crippen LogP contribution in [0.3, 0.4) is 0 Å². The van der Waals surface area contributed by atoms with Crippen LogP contribution in [0.5, 0.6) is 0 Å². The number of furan rings is 1. The SMILES string of the molecule is CC(C)(C)C(CN)OCc1ccco1. The molecule has 1 atom stereocenters. The maximum absolute atomic E-state index is 5.68. The quantitative estimate of drug-likeness (QED) is 0.804. The monoisotopic (exact) mass is 197 g/mol. The summed E-state index contributed by atoms with van der Waals surface area (Å²) in [7, 11) is 0. The van der Waals surface area contributed by atoms with E-state index in [1.807, 2.05) is 12.1 Å². The third-order valence-corrected chi connectivity index (χ3v) is 2.19. The second-order valence-corrected chi connectivity index (χ2v) is 4.48. The van der Waals surface area contributed by atoms with Gasteiger partial charge in [0, 0.05) is 6.54 Å². The normalized spacial score (nSPS) is 14.3. The van der Waals surface area contributed by atoms with Crippen LogP contribution >= 0.6 is 0 Å².